The zero-order valence-corrected chi connectivity index (χ0v) is 14.2. The Labute approximate surface area is 149 Å². The monoisotopic (exact) mass is 349 g/mol. The Morgan fingerprint density at radius 3 is 2.96 bits per heavy atom. The third-order valence-electron chi connectivity index (χ3n) is 5.02. The minimum absolute atomic E-state index is 0.307. The molecule has 26 heavy (non-hydrogen) atoms. The number of aliphatic hydroxyl groups excluding tert-OH is 1. The Morgan fingerprint density at radius 1 is 1.19 bits per heavy atom. The van der Waals surface area contributed by atoms with Gasteiger partial charge in [0.2, 0.25) is 0 Å². The minimum Gasteiger partial charge on any atom is -0.386 e. The van der Waals surface area contributed by atoms with Crippen molar-refractivity contribution in [2.75, 3.05) is 6.61 Å². The summed E-state index contributed by atoms with van der Waals surface area (Å²) < 4.78 is 7.50. The first kappa shape index (κ1) is 15.5. The summed E-state index contributed by atoms with van der Waals surface area (Å²) in [5.74, 6) is 0. The normalized spacial score (nSPS) is 16.2. The number of rotatable bonds is 5. The van der Waals surface area contributed by atoms with E-state index in [1.54, 1.807) is 23.3 Å². The number of hydrogen-bond donors (Lipinski definition) is 2. The molecule has 3 heterocycles. The summed E-state index contributed by atoms with van der Waals surface area (Å²) in [5.41, 5.74) is 3.41. The number of H-pyrrole nitrogens is 1. The van der Waals surface area contributed by atoms with Gasteiger partial charge in [0, 0.05) is 22.5 Å². The summed E-state index contributed by atoms with van der Waals surface area (Å²) in [4.78, 5) is 4.53. The summed E-state index contributed by atoms with van der Waals surface area (Å²) in [6.45, 7) is 0.309. The number of aliphatic hydroxyl groups is 1. The second kappa shape index (κ2) is 6.19. The van der Waals surface area contributed by atoms with E-state index in [1.807, 2.05) is 24.3 Å². The fraction of sp³-hybridized carbons (Fsp3) is 0.316. The highest BCUT2D eigenvalue weighted by atomic mass is 16.5. The van der Waals surface area contributed by atoms with Crippen LogP contribution in [0, 0.1) is 0 Å². The summed E-state index contributed by atoms with van der Waals surface area (Å²) in [6, 6.07) is 7.89. The van der Waals surface area contributed by atoms with Crippen molar-refractivity contribution in [1.82, 2.24) is 25.0 Å². The largest absolute Gasteiger partial charge is 0.386 e. The van der Waals surface area contributed by atoms with Crippen LogP contribution in [0.2, 0.25) is 0 Å². The highest BCUT2D eigenvalue weighted by molar-refractivity contribution is 5.82. The Balaban J connectivity index is 1.43. The molecule has 0 amide bonds. The molecule has 0 aliphatic heterocycles. The van der Waals surface area contributed by atoms with Gasteiger partial charge < -0.3 is 9.84 Å². The Bertz CT molecular complexity index is 1070. The van der Waals surface area contributed by atoms with Gasteiger partial charge in [-0.2, -0.15) is 10.2 Å². The molecule has 7 heteroatoms. The standard InChI is InChI=1S/C19H19N5O2/c25-18(11-26-16-2-1-3-16)13-6-14-10-22-24(19(14)20-8-13)15-4-5-17-12(7-15)9-21-23-17/h4-10,16,18,25H,1-3,11H2,(H,21,23)/t18-/m0/s1. The number of ether oxygens (including phenoxy) is 1. The molecule has 132 valence electrons. The second-order valence-electron chi connectivity index (χ2n) is 6.78. The number of aromatic amines is 1. The molecule has 5 rings (SSSR count). The summed E-state index contributed by atoms with van der Waals surface area (Å²) >= 11 is 0. The van der Waals surface area contributed by atoms with E-state index in [0.29, 0.717) is 12.7 Å². The lowest BCUT2D eigenvalue weighted by molar-refractivity contribution is -0.0427. The van der Waals surface area contributed by atoms with E-state index in [4.69, 9.17) is 4.74 Å². The average molecular weight is 349 g/mol. The van der Waals surface area contributed by atoms with E-state index in [0.717, 1.165) is 46.0 Å². The van der Waals surface area contributed by atoms with Gasteiger partial charge in [0.1, 0.15) is 6.10 Å². The van der Waals surface area contributed by atoms with Crippen LogP contribution in [0.15, 0.2) is 42.9 Å². The van der Waals surface area contributed by atoms with Crippen LogP contribution in [0.5, 0.6) is 0 Å². The van der Waals surface area contributed by atoms with Crippen molar-refractivity contribution < 1.29 is 9.84 Å². The van der Waals surface area contributed by atoms with E-state index in [9.17, 15) is 5.11 Å². The summed E-state index contributed by atoms with van der Waals surface area (Å²) in [6.07, 6.45) is 8.30. The predicted molar refractivity (Wildman–Crippen MR) is 97.1 cm³/mol. The van der Waals surface area contributed by atoms with Crippen LogP contribution in [-0.2, 0) is 4.74 Å². The van der Waals surface area contributed by atoms with Gasteiger partial charge >= 0.3 is 0 Å². The molecule has 1 atom stereocenters. The summed E-state index contributed by atoms with van der Waals surface area (Å²) in [5, 5.41) is 23.7. The van der Waals surface area contributed by atoms with Crippen molar-refractivity contribution >= 4 is 21.9 Å². The number of nitrogens with zero attached hydrogens (tertiary/aromatic N) is 4. The highest BCUT2D eigenvalue weighted by Gasteiger charge is 2.20. The fourth-order valence-electron chi connectivity index (χ4n) is 3.23. The number of fused-ring (bicyclic) bond motifs is 2. The van der Waals surface area contributed by atoms with E-state index in [1.165, 1.54) is 6.42 Å². The molecule has 1 aromatic carbocycles. The third-order valence-corrected chi connectivity index (χ3v) is 5.02. The van der Waals surface area contributed by atoms with Crippen LogP contribution in [0.3, 0.4) is 0 Å². The van der Waals surface area contributed by atoms with Gasteiger partial charge in [-0.15, -0.1) is 0 Å². The van der Waals surface area contributed by atoms with Crippen LogP contribution in [0.1, 0.15) is 30.9 Å². The molecule has 1 fully saturated rings. The van der Waals surface area contributed by atoms with Crippen molar-refractivity contribution in [2.45, 2.75) is 31.5 Å². The maximum atomic E-state index is 10.4. The van der Waals surface area contributed by atoms with E-state index >= 15 is 0 Å². The first-order valence-electron chi connectivity index (χ1n) is 8.85. The van der Waals surface area contributed by atoms with Crippen molar-refractivity contribution in [3.63, 3.8) is 0 Å². The number of benzene rings is 1. The van der Waals surface area contributed by atoms with Crippen molar-refractivity contribution in [1.29, 1.82) is 0 Å². The third kappa shape index (κ3) is 2.65. The smallest absolute Gasteiger partial charge is 0.162 e. The van der Waals surface area contributed by atoms with Gasteiger partial charge in [-0.05, 0) is 43.5 Å². The predicted octanol–water partition coefficient (Wildman–Crippen LogP) is 2.90. The zero-order chi connectivity index (χ0) is 17.5. The van der Waals surface area contributed by atoms with Crippen LogP contribution in [0.25, 0.3) is 27.6 Å². The Morgan fingerprint density at radius 2 is 2.12 bits per heavy atom. The topological polar surface area (TPSA) is 88.9 Å². The van der Waals surface area contributed by atoms with Gasteiger partial charge in [-0.3, -0.25) is 5.10 Å². The number of hydrogen-bond acceptors (Lipinski definition) is 5. The van der Waals surface area contributed by atoms with Crippen LogP contribution < -0.4 is 0 Å². The van der Waals surface area contributed by atoms with Gasteiger partial charge in [-0.1, -0.05) is 0 Å². The molecule has 1 aliphatic carbocycles. The van der Waals surface area contributed by atoms with Gasteiger partial charge in [0.05, 0.1) is 36.3 Å². The van der Waals surface area contributed by atoms with Gasteiger partial charge in [0.15, 0.2) is 5.65 Å². The SMILES string of the molecule is O[C@@H](COC1CCC1)c1cnc2c(cnn2-c2ccc3[nH]ncc3c2)c1. The maximum absolute atomic E-state index is 10.4. The second-order valence-corrected chi connectivity index (χ2v) is 6.78. The lowest BCUT2D eigenvalue weighted by atomic mass is 9.96. The lowest BCUT2D eigenvalue weighted by Gasteiger charge is -2.26. The average Bonchev–Trinajstić information content (AvgIpc) is 3.25. The maximum Gasteiger partial charge on any atom is 0.162 e. The highest BCUT2D eigenvalue weighted by Crippen LogP contribution is 2.25. The Hall–Kier alpha value is -2.77. The quantitative estimate of drug-likeness (QED) is 0.578. The first-order chi connectivity index (χ1) is 12.8. The number of aromatic nitrogens is 5. The molecule has 4 aromatic rings. The molecule has 0 bridgehead atoms. The molecular formula is C19H19N5O2. The number of nitrogens with one attached hydrogen (secondary N) is 1. The van der Waals surface area contributed by atoms with Crippen molar-refractivity contribution in [2.24, 2.45) is 0 Å². The number of pyridine rings is 1. The minimum atomic E-state index is -0.668. The zero-order valence-electron chi connectivity index (χ0n) is 14.2. The molecule has 1 saturated carbocycles. The molecule has 0 radical (unpaired) electrons. The molecular weight excluding hydrogens is 330 g/mol. The van der Waals surface area contributed by atoms with Gasteiger partial charge in [-0.25, -0.2) is 9.67 Å². The van der Waals surface area contributed by atoms with E-state index < -0.39 is 6.10 Å². The Kier molecular flexibility index (Phi) is 3.69. The molecule has 3 aromatic heterocycles. The molecule has 0 spiro atoms. The molecule has 0 saturated heterocycles. The first-order valence-corrected chi connectivity index (χ1v) is 8.85. The van der Waals surface area contributed by atoms with Crippen molar-refractivity contribution in [3.8, 4) is 5.69 Å². The van der Waals surface area contributed by atoms with E-state index in [2.05, 4.69) is 20.3 Å². The van der Waals surface area contributed by atoms with Crippen LogP contribution in [-0.4, -0.2) is 42.8 Å². The van der Waals surface area contributed by atoms with E-state index in [-0.39, 0.29) is 0 Å². The van der Waals surface area contributed by atoms with Crippen molar-refractivity contribution in [3.05, 3.63) is 48.4 Å². The summed E-state index contributed by atoms with van der Waals surface area (Å²) in [7, 11) is 0. The molecule has 2 N–H and O–H groups in total. The van der Waals surface area contributed by atoms with Gasteiger partial charge in [0.25, 0.3) is 0 Å². The molecule has 7 nitrogen and oxygen atoms in total. The van der Waals surface area contributed by atoms with Crippen LogP contribution >= 0.6 is 0 Å². The molecule has 0 unspecified atom stereocenters. The lowest BCUT2D eigenvalue weighted by Crippen LogP contribution is -2.24. The fourth-order valence-corrected chi connectivity index (χ4v) is 3.23. The molecule has 1 aliphatic rings. The van der Waals surface area contributed by atoms with Crippen LogP contribution in [0.4, 0.5) is 0 Å².